The van der Waals surface area contributed by atoms with E-state index in [1.807, 2.05) is 48.7 Å². The molecule has 14 heteroatoms. The Balaban J connectivity index is 0.711. The number of piperazine rings is 1. The third-order valence-corrected chi connectivity index (χ3v) is 13.5. The van der Waals surface area contributed by atoms with Gasteiger partial charge in [-0.3, -0.25) is 29.5 Å². The lowest BCUT2D eigenvalue weighted by Gasteiger charge is -2.50. The van der Waals surface area contributed by atoms with Crippen LogP contribution in [0.1, 0.15) is 77.8 Å². The molecule has 4 saturated heterocycles. The molecule has 5 aliphatic rings. The molecular weight excluding hydrogens is 778 g/mol. The zero-order valence-corrected chi connectivity index (χ0v) is 34.9. The number of aromatic nitrogens is 2. The molecule has 0 saturated carbocycles. The van der Waals surface area contributed by atoms with E-state index < -0.39 is 6.04 Å². The van der Waals surface area contributed by atoms with Gasteiger partial charge in [-0.1, -0.05) is 37.6 Å². The van der Waals surface area contributed by atoms with E-state index in [1.165, 1.54) is 0 Å². The van der Waals surface area contributed by atoms with Gasteiger partial charge in [0.2, 0.25) is 17.8 Å². The van der Waals surface area contributed by atoms with Crippen LogP contribution in [0.25, 0.3) is 0 Å². The van der Waals surface area contributed by atoms with Crippen molar-refractivity contribution in [1.82, 2.24) is 30.0 Å². The molecule has 0 spiro atoms. The van der Waals surface area contributed by atoms with Crippen molar-refractivity contribution in [2.24, 2.45) is 0 Å². The predicted octanol–water partition coefficient (Wildman–Crippen LogP) is 5.14. The first-order chi connectivity index (χ1) is 29.0. The summed E-state index contributed by atoms with van der Waals surface area (Å²) in [4.78, 5) is 58.3. The van der Waals surface area contributed by atoms with E-state index in [9.17, 15) is 19.6 Å². The Labute approximate surface area is 355 Å². The molecule has 4 aromatic rings. The van der Waals surface area contributed by atoms with Gasteiger partial charge in [0.05, 0.1) is 17.3 Å². The molecule has 5 aliphatic heterocycles. The number of hydrogen-bond acceptors (Lipinski definition) is 11. The third kappa shape index (κ3) is 8.04. The molecule has 1 unspecified atom stereocenters. The highest BCUT2D eigenvalue weighted by Gasteiger charge is 2.41. The maximum atomic E-state index is 13.1. The molecule has 1 aromatic heterocycles. The van der Waals surface area contributed by atoms with E-state index in [0.717, 1.165) is 105 Å². The largest absolute Gasteiger partial charge is 0.487 e. The first-order valence-electron chi connectivity index (χ1n) is 21.0. The number of ether oxygens (including phenoxy) is 1. The first-order valence-corrected chi connectivity index (χ1v) is 21.4. The fraction of sp³-hybridized carbons (Fsp3) is 0.435. The molecule has 0 radical (unpaired) electrons. The van der Waals surface area contributed by atoms with Crippen LogP contribution in [0, 0.1) is 11.3 Å². The van der Waals surface area contributed by atoms with Gasteiger partial charge in [-0.2, -0.15) is 5.26 Å². The summed E-state index contributed by atoms with van der Waals surface area (Å²) in [6.07, 6.45) is 4.78. The van der Waals surface area contributed by atoms with Crippen LogP contribution >= 0.6 is 11.6 Å². The topological polar surface area (TPSA) is 138 Å². The van der Waals surface area contributed by atoms with Crippen LogP contribution in [-0.4, -0.2) is 113 Å². The Morgan fingerprint density at radius 2 is 1.60 bits per heavy atom. The molecule has 3 aromatic carbocycles. The van der Waals surface area contributed by atoms with E-state index in [-0.39, 0.29) is 29.6 Å². The number of piperidine rings is 2. The summed E-state index contributed by atoms with van der Waals surface area (Å²) in [5.74, 6) is 0.722. The van der Waals surface area contributed by atoms with Gasteiger partial charge in [0, 0.05) is 105 Å². The summed E-state index contributed by atoms with van der Waals surface area (Å²) in [6, 6.07) is 24.2. The Morgan fingerprint density at radius 1 is 0.850 bits per heavy atom. The minimum atomic E-state index is -0.594. The number of nitrogens with one attached hydrogen (secondary N) is 1. The van der Waals surface area contributed by atoms with E-state index >= 15 is 0 Å². The van der Waals surface area contributed by atoms with Gasteiger partial charge in [-0.05, 0) is 90.6 Å². The zero-order valence-electron chi connectivity index (χ0n) is 34.1. The van der Waals surface area contributed by atoms with Gasteiger partial charge < -0.3 is 19.4 Å². The predicted molar refractivity (Wildman–Crippen MR) is 228 cm³/mol. The van der Waals surface area contributed by atoms with Crippen LogP contribution in [0.15, 0.2) is 72.9 Å². The second-order valence-corrected chi connectivity index (χ2v) is 17.7. The van der Waals surface area contributed by atoms with Crippen LogP contribution in [0.3, 0.4) is 0 Å². The third-order valence-electron chi connectivity index (χ3n) is 13.3. The van der Waals surface area contributed by atoms with Crippen molar-refractivity contribution in [3.63, 3.8) is 0 Å². The summed E-state index contributed by atoms with van der Waals surface area (Å²) in [6.45, 7) is 12.9. The molecular formula is C46H50ClN9O4. The van der Waals surface area contributed by atoms with Crippen LogP contribution in [-0.2, 0) is 28.2 Å². The molecule has 13 nitrogen and oxygen atoms in total. The fourth-order valence-electron chi connectivity index (χ4n) is 9.48. The SMILES string of the molecule is CC(C)(c1ccc(OCc2ccnc(N3CCN(C4CCN(C5CN(c6ccc7c(c6)CN(C6CCC(=O)NC6=O)C7=O)C5)CC4)CC3)n2)cc1)c1cc(Cl)cc(C#N)c1. The van der Waals surface area contributed by atoms with Gasteiger partial charge in [-0.25, -0.2) is 9.97 Å². The number of nitrogens with zero attached hydrogens (tertiary/aromatic N) is 8. The monoisotopic (exact) mass is 827 g/mol. The Morgan fingerprint density at radius 3 is 2.33 bits per heavy atom. The van der Waals surface area contributed by atoms with Gasteiger partial charge in [-0.15, -0.1) is 0 Å². The number of carbonyl (C=O) groups is 3. The number of nitriles is 1. The van der Waals surface area contributed by atoms with Crippen LogP contribution in [0.5, 0.6) is 5.75 Å². The zero-order chi connectivity index (χ0) is 41.5. The fourth-order valence-corrected chi connectivity index (χ4v) is 9.72. The average Bonchev–Trinajstić information content (AvgIpc) is 3.57. The van der Waals surface area contributed by atoms with Crippen molar-refractivity contribution < 1.29 is 19.1 Å². The Kier molecular flexibility index (Phi) is 11.0. The second kappa shape index (κ2) is 16.5. The number of likely N-dealkylation sites (tertiary alicyclic amines) is 1. The Bertz CT molecular complexity index is 2330. The van der Waals surface area contributed by atoms with Crippen LogP contribution in [0.4, 0.5) is 11.6 Å². The van der Waals surface area contributed by atoms with E-state index in [4.69, 9.17) is 21.3 Å². The smallest absolute Gasteiger partial charge is 0.255 e. The lowest BCUT2D eigenvalue weighted by atomic mass is 9.78. The van der Waals surface area contributed by atoms with Crippen molar-refractivity contribution in [2.45, 2.75) is 76.2 Å². The van der Waals surface area contributed by atoms with Gasteiger partial charge >= 0.3 is 0 Å². The van der Waals surface area contributed by atoms with E-state index in [0.29, 0.717) is 47.8 Å². The van der Waals surface area contributed by atoms with Gasteiger partial charge in [0.15, 0.2) is 0 Å². The molecule has 1 N–H and O–H groups in total. The average molecular weight is 828 g/mol. The van der Waals surface area contributed by atoms with E-state index in [2.05, 4.69) is 68.0 Å². The van der Waals surface area contributed by atoms with Gasteiger partial charge in [0.1, 0.15) is 18.4 Å². The highest BCUT2D eigenvalue weighted by atomic mass is 35.5. The van der Waals surface area contributed by atoms with E-state index in [1.54, 1.807) is 11.0 Å². The number of imide groups is 1. The van der Waals surface area contributed by atoms with Crippen molar-refractivity contribution in [1.29, 1.82) is 5.26 Å². The molecule has 4 fully saturated rings. The molecule has 0 bridgehead atoms. The number of anilines is 2. The maximum absolute atomic E-state index is 13.1. The number of halogens is 1. The lowest BCUT2D eigenvalue weighted by Crippen LogP contribution is -2.62. The summed E-state index contributed by atoms with van der Waals surface area (Å²) < 4.78 is 6.15. The number of fused-ring (bicyclic) bond motifs is 1. The summed E-state index contributed by atoms with van der Waals surface area (Å²) in [5.41, 5.74) is 5.84. The van der Waals surface area contributed by atoms with Crippen molar-refractivity contribution in [3.05, 3.63) is 111 Å². The Hall–Kier alpha value is -5.55. The number of amides is 3. The normalized spacial score (nSPS) is 20.8. The number of hydrogen-bond donors (Lipinski definition) is 1. The van der Waals surface area contributed by atoms with Crippen LogP contribution in [0.2, 0.25) is 5.02 Å². The molecule has 1 atom stereocenters. The maximum Gasteiger partial charge on any atom is 0.255 e. The standard InChI is InChI=1S/C46H50ClN9O4/c1-46(2,33-21-30(25-48)22-34(47)24-33)32-3-6-39(7-4-32)60-29-35-11-14-49-45(50-35)54-19-17-53(18-20-54)36-12-15-52(16-13-36)38-27-55(28-38)37-5-8-40-31(23-37)26-56(44(40)59)41-9-10-42(57)51-43(41)58/h3-8,11,14,21-24,36,38,41H,9-10,12-13,15-20,26-29H2,1-2H3,(H,51,57,58). The number of rotatable bonds is 10. The quantitative estimate of drug-likeness (QED) is 0.213. The minimum absolute atomic E-state index is 0.130. The molecule has 9 rings (SSSR count). The highest BCUT2D eigenvalue weighted by molar-refractivity contribution is 6.30. The second-order valence-electron chi connectivity index (χ2n) is 17.2. The summed E-state index contributed by atoms with van der Waals surface area (Å²) in [5, 5.41) is 12.4. The first kappa shape index (κ1) is 39.9. The van der Waals surface area contributed by atoms with Crippen molar-refractivity contribution in [3.8, 4) is 11.8 Å². The molecule has 0 aliphatic carbocycles. The lowest BCUT2D eigenvalue weighted by molar-refractivity contribution is -0.136. The molecule has 60 heavy (non-hydrogen) atoms. The molecule has 6 heterocycles. The van der Waals surface area contributed by atoms with Gasteiger partial charge in [0.25, 0.3) is 5.91 Å². The number of carbonyl (C=O) groups excluding carboxylic acids is 3. The summed E-state index contributed by atoms with van der Waals surface area (Å²) >= 11 is 6.31. The molecule has 3 amide bonds. The number of benzene rings is 3. The van der Waals surface area contributed by atoms with Crippen LogP contribution < -0.4 is 19.9 Å². The van der Waals surface area contributed by atoms with Crippen molar-refractivity contribution in [2.75, 3.05) is 62.2 Å². The summed E-state index contributed by atoms with van der Waals surface area (Å²) in [7, 11) is 0. The minimum Gasteiger partial charge on any atom is -0.487 e. The molecule has 310 valence electrons. The highest BCUT2D eigenvalue weighted by Crippen LogP contribution is 2.36. The van der Waals surface area contributed by atoms with Crippen molar-refractivity contribution >= 4 is 41.0 Å².